The van der Waals surface area contributed by atoms with Crippen LogP contribution in [0.25, 0.3) is 0 Å². The van der Waals surface area contributed by atoms with Crippen molar-refractivity contribution in [3.05, 3.63) is 35.4 Å². The summed E-state index contributed by atoms with van der Waals surface area (Å²) in [6, 6.07) is 7.42. The van der Waals surface area contributed by atoms with Crippen LogP contribution in [0.1, 0.15) is 43.7 Å². The third-order valence-corrected chi connectivity index (χ3v) is 3.58. The van der Waals surface area contributed by atoms with E-state index in [9.17, 15) is 14.7 Å². The molecule has 0 bridgehead atoms. The standard InChI is InChI=1S/C17H20O3/c1-4-5-9-15(18)10-11-17(3,16(19)20)14-8-6-7-13(2)12-14/h1,6-8,12H,5,9-11H2,2-3H3,(H,19,20). The van der Waals surface area contributed by atoms with Crippen molar-refractivity contribution in [3.8, 4) is 12.3 Å². The van der Waals surface area contributed by atoms with E-state index in [4.69, 9.17) is 6.42 Å². The number of carbonyl (C=O) groups is 2. The molecule has 0 saturated carbocycles. The number of aliphatic carboxylic acids is 1. The predicted octanol–water partition coefficient (Wildman–Crippen LogP) is 3.10. The molecule has 3 heteroatoms. The van der Waals surface area contributed by atoms with E-state index in [1.165, 1.54) is 0 Å². The summed E-state index contributed by atoms with van der Waals surface area (Å²) >= 11 is 0. The summed E-state index contributed by atoms with van der Waals surface area (Å²) in [4.78, 5) is 23.3. The molecule has 0 aliphatic heterocycles. The first-order valence-corrected chi connectivity index (χ1v) is 6.66. The van der Waals surface area contributed by atoms with Gasteiger partial charge < -0.3 is 5.11 Å². The molecule has 1 unspecified atom stereocenters. The minimum absolute atomic E-state index is 0.0167. The maximum Gasteiger partial charge on any atom is 0.313 e. The highest BCUT2D eigenvalue weighted by atomic mass is 16.4. The minimum Gasteiger partial charge on any atom is -0.481 e. The lowest BCUT2D eigenvalue weighted by atomic mass is 9.77. The Morgan fingerprint density at radius 1 is 1.35 bits per heavy atom. The Hall–Kier alpha value is -2.08. The van der Waals surface area contributed by atoms with Gasteiger partial charge in [0.15, 0.2) is 0 Å². The van der Waals surface area contributed by atoms with Gasteiger partial charge in [0.2, 0.25) is 0 Å². The van der Waals surface area contributed by atoms with Crippen molar-refractivity contribution in [2.24, 2.45) is 0 Å². The summed E-state index contributed by atoms with van der Waals surface area (Å²) in [6.07, 6.45) is 6.37. The predicted molar refractivity (Wildman–Crippen MR) is 78.5 cm³/mol. The van der Waals surface area contributed by atoms with Gasteiger partial charge in [-0.25, -0.2) is 0 Å². The van der Waals surface area contributed by atoms with Crippen LogP contribution in [0.15, 0.2) is 24.3 Å². The molecule has 0 fully saturated rings. The third-order valence-electron chi connectivity index (χ3n) is 3.58. The number of hydrogen-bond acceptors (Lipinski definition) is 2. The lowest BCUT2D eigenvalue weighted by molar-refractivity contribution is -0.143. The number of carboxylic acid groups (broad SMARTS) is 1. The number of rotatable bonds is 7. The van der Waals surface area contributed by atoms with E-state index >= 15 is 0 Å². The zero-order chi connectivity index (χ0) is 15.2. The fraction of sp³-hybridized carbons (Fsp3) is 0.412. The third kappa shape index (κ3) is 3.96. The fourth-order valence-corrected chi connectivity index (χ4v) is 2.09. The topological polar surface area (TPSA) is 54.4 Å². The van der Waals surface area contributed by atoms with Gasteiger partial charge in [-0.05, 0) is 25.8 Å². The zero-order valence-corrected chi connectivity index (χ0v) is 12.0. The minimum atomic E-state index is -1.04. The molecule has 0 aliphatic carbocycles. The second kappa shape index (κ2) is 6.91. The molecule has 1 atom stereocenters. The second-order valence-electron chi connectivity index (χ2n) is 5.25. The molecule has 3 nitrogen and oxygen atoms in total. The number of ketones is 1. The van der Waals surface area contributed by atoms with E-state index < -0.39 is 11.4 Å². The van der Waals surface area contributed by atoms with Crippen LogP contribution in [0.3, 0.4) is 0 Å². The van der Waals surface area contributed by atoms with E-state index in [-0.39, 0.29) is 18.6 Å². The lowest BCUT2D eigenvalue weighted by Crippen LogP contribution is -2.33. The van der Waals surface area contributed by atoms with Gasteiger partial charge in [0.1, 0.15) is 5.78 Å². The van der Waals surface area contributed by atoms with E-state index in [2.05, 4.69) is 5.92 Å². The Bertz CT molecular complexity index is 539. The average Bonchev–Trinajstić information content (AvgIpc) is 2.42. The second-order valence-corrected chi connectivity index (χ2v) is 5.25. The number of aryl methyl sites for hydroxylation is 1. The van der Waals surface area contributed by atoms with Gasteiger partial charge in [0.25, 0.3) is 0 Å². The summed E-state index contributed by atoms with van der Waals surface area (Å²) in [5.41, 5.74) is 0.695. The van der Waals surface area contributed by atoms with Crippen molar-refractivity contribution in [1.29, 1.82) is 0 Å². The van der Waals surface area contributed by atoms with E-state index in [0.717, 1.165) is 11.1 Å². The van der Waals surface area contributed by atoms with Crippen LogP contribution in [-0.4, -0.2) is 16.9 Å². The van der Waals surface area contributed by atoms with Crippen LogP contribution >= 0.6 is 0 Å². The van der Waals surface area contributed by atoms with Crippen molar-refractivity contribution >= 4 is 11.8 Å². The molecular formula is C17H20O3. The summed E-state index contributed by atoms with van der Waals surface area (Å²) < 4.78 is 0. The molecule has 0 aromatic heterocycles. The maximum absolute atomic E-state index is 11.7. The van der Waals surface area contributed by atoms with Crippen LogP contribution in [0, 0.1) is 19.3 Å². The monoisotopic (exact) mass is 272 g/mol. The zero-order valence-electron chi connectivity index (χ0n) is 12.0. The van der Waals surface area contributed by atoms with Crippen molar-refractivity contribution in [2.75, 3.05) is 0 Å². The fourth-order valence-electron chi connectivity index (χ4n) is 2.09. The number of carbonyl (C=O) groups excluding carboxylic acids is 1. The Balaban J connectivity index is 2.86. The van der Waals surface area contributed by atoms with Crippen molar-refractivity contribution in [2.45, 2.75) is 44.9 Å². The molecule has 0 aliphatic rings. The highest BCUT2D eigenvalue weighted by Gasteiger charge is 2.35. The van der Waals surface area contributed by atoms with Crippen LogP contribution in [-0.2, 0) is 15.0 Å². The number of terminal acetylenes is 1. The molecule has 20 heavy (non-hydrogen) atoms. The summed E-state index contributed by atoms with van der Waals surface area (Å²) in [5, 5.41) is 9.52. The van der Waals surface area contributed by atoms with Crippen molar-refractivity contribution < 1.29 is 14.7 Å². The first-order valence-electron chi connectivity index (χ1n) is 6.66. The average molecular weight is 272 g/mol. The molecular weight excluding hydrogens is 252 g/mol. The molecule has 0 saturated heterocycles. The van der Waals surface area contributed by atoms with Gasteiger partial charge in [0.05, 0.1) is 5.41 Å². The molecule has 0 spiro atoms. The number of carboxylic acids is 1. The summed E-state index contributed by atoms with van der Waals surface area (Å²) in [5.74, 6) is 1.53. The van der Waals surface area contributed by atoms with Crippen LogP contribution in [0.4, 0.5) is 0 Å². The van der Waals surface area contributed by atoms with Gasteiger partial charge in [-0.1, -0.05) is 29.8 Å². The molecule has 0 heterocycles. The first kappa shape index (κ1) is 16.0. The SMILES string of the molecule is C#CCCC(=O)CCC(C)(C(=O)O)c1cccc(C)c1. The molecule has 1 N–H and O–H groups in total. The Kier molecular flexibility index (Phi) is 5.52. The van der Waals surface area contributed by atoms with E-state index in [1.807, 2.05) is 25.1 Å². The molecule has 106 valence electrons. The van der Waals surface area contributed by atoms with Crippen molar-refractivity contribution in [1.82, 2.24) is 0 Å². The smallest absolute Gasteiger partial charge is 0.313 e. The van der Waals surface area contributed by atoms with Gasteiger partial charge >= 0.3 is 5.97 Å². The quantitative estimate of drug-likeness (QED) is 0.776. The van der Waals surface area contributed by atoms with Crippen LogP contribution in [0.5, 0.6) is 0 Å². The molecule has 0 radical (unpaired) electrons. The molecule has 0 amide bonds. The molecule has 1 aromatic carbocycles. The van der Waals surface area contributed by atoms with Crippen molar-refractivity contribution in [3.63, 3.8) is 0 Å². The van der Waals surface area contributed by atoms with Gasteiger partial charge in [0, 0.05) is 19.3 Å². The Labute approximate surface area is 120 Å². The highest BCUT2D eigenvalue weighted by molar-refractivity contribution is 5.83. The normalized spacial score (nSPS) is 13.2. The Morgan fingerprint density at radius 2 is 2.05 bits per heavy atom. The summed E-state index contributed by atoms with van der Waals surface area (Å²) in [7, 11) is 0. The number of hydrogen-bond donors (Lipinski definition) is 1. The van der Waals surface area contributed by atoms with Gasteiger partial charge in [-0.3, -0.25) is 9.59 Å². The molecule has 1 aromatic rings. The maximum atomic E-state index is 11.7. The lowest BCUT2D eigenvalue weighted by Gasteiger charge is -2.25. The van der Waals surface area contributed by atoms with Gasteiger partial charge in [-0.2, -0.15) is 0 Å². The summed E-state index contributed by atoms with van der Waals surface area (Å²) in [6.45, 7) is 3.59. The highest BCUT2D eigenvalue weighted by Crippen LogP contribution is 2.30. The number of Topliss-reactive ketones (excluding diaryl/α,β-unsaturated/α-hetero) is 1. The van der Waals surface area contributed by atoms with E-state index in [0.29, 0.717) is 12.8 Å². The van der Waals surface area contributed by atoms with Crippen LogP contribution < -0.4 is 0 Å². The van der Waals surface area contributed by atoms with E-state index in [1.54, 1.807) is 13.0 Å². The Morgan fingerprint density at radius 3 is 2.60 bits per heavy atom. The molecule has 1 rings (SSSR count). The first-order chi connectivity index (χ1) is 9.40. The van der Waals surface area contributed by atoms with Gasteiger partial charge in [-0.15, -0.1) is 12.3 Å². The van der Waals surface area contributed by atoms with Crippen LogP contribution in [0.2, 0.25) is 0 Å². The largest absolute Gasteiger partial charge is 0.481 e. The number of benzene rings is 1.